The molecule has 0 aliphatic rings. The second-order valence-corrected chi connectivity index (χ2v) is 4.64. The van der Waals surface area contributed by atoms with Gasteiger partial charge >= 0.3 is 0 Å². The van der Waals surface area contributed by atoms with Gasteiger partial charge in [0.25, 0.3) is 0 Å². The lowest BCUT2D eigenvalue weighted by atomic mass is 10.0. The largest absolute Gasteiger partial charge is 0.496 e. The van der Waals surface area contributed by atoms with Gasteiger partial charge in [-0.05, 0) is 24.6 Å². The highest BCUT2D eigenvalue weighted by molar-refractivity contribution is 5.47. The van der Waals surface area contributed by atoms with Gasteiger partial charge in [-0.3, -0.25) is 0 Å². The lowest BCUT2D eigenvalue weighted by Crippen LogP contribution is -2.28. The van der Waals surface area contributed by atoms with E-state index in [0.29, 0.717) is 18.3 Å². The summed E-state index contributed by atoms with van der Waals surface area (Å²) in [6.45, 7) is 6.52. The zero-order valence-corrected chi connectivity index (χ0v) is 11.8. The molecule has 0 heterocycles. The molecule has 4 heteroatoms. The average Bonchev–Trinajstić information content (AvgIpc) is 2.35. The van der Waals surface area contributed by atoms with Gasteiger partial charge in [-0.15, -0.1) is 0 Å². The minimum atomic E-state index is -0.614. The summed E-state index contributed by atoms with van der Waals surface area (Å²) >= 11 is 0. The topological polar surface area (TPSA) is 50.7 Å². The third kappa shape index (κ3) is 3.62. The molecule has 0 bridgehead atoms. The maximum Gasteiger partial charge on any atom is 0.125 e. The fourth-order valence-electron chi connectivity index (χ4n) is 1.79. The summed E-state index contributed by atoms with van der Waals surface area (Å²) in [5.41, 5.74) is 1.73. The Kier molecular flexibility index (Phi) is 5.44. The van der Waals surface area contributed by atoms with E-state index in [1.807, 2.05) is 32.9 Å². The van der Waals surface area contributed by atoms with Gasteiger partial charge in [-0.25, -0.2) is 0 Å². The van der Waals surface area contributed by atoms with E-state index in [-0.39, 0.29) is 0 Å². The van der Waals surface area contributed by atoms with Crippen LogP contribution in [-0.4, -0.2) is 31.9 Å². The van der Waals surface area contributed by atoms with Crippen LogP contribution in [0.1, 0.15) is 31.1 Å². The van der Waals surface area contributed by atoms with Crippen LogP contribution in [0.2, 0.25) is 0 Å². The normalized spacial score (nSPS) is 12.6. The molecule has 0 radical (unpaired) electrons. The minimum absolute atomic E-state index is 0.331. The van der Waals surface area contributed by atoms with E-state index >= 15 is 0 Å². The molecule has 0 aliphatic carbocycles. The summed E-state index contributed by atoms with van der Waals surface area (Å²) in [4.78, 5) is 0. The average molecular weight is 253 g/mol. The Morgan fingerprint density at radius 1 is 1.17 bits per heavy atom. The lowest BCUT2D eigenvalue weighted by molar-refractivity contribution is 0.167. The molecule has 1 aromatic rings. The van der Waals surface area contributed by atoms with E-state index in [0.717, 1.165) is 16.9 Å². The number of hydrogen-bond acceptors (Lipinski definition) is 4. The Morgan fingerprint density at radius 3 is 2.28 bits per heavy atom. The van der Waals surface area contributed by atoms with Crippen molar-refractivity contribution in [2.24, 2.45) is 0 Å². The predicted octanol–water partition coefficient (Wildman–Crippen LogP) is 2.04. The number of ether oxygens (including phenoxy) is 2. The fraction of sp³-hybridized carbons (Fsp3) is 0.571. The van der Waals surface area contributed by atoms with Crippen LogP contribution in [-0.2, 0) is 0 Å². The summed E-state index contributed by atoms with van der Waals surface area (Å²) in [7, 11) is 3.23. The van der Waals surface area contributed by atoms with E-state index in [1.54, 1.807) is 14.2 Å². The Morgan fingerprint density at radius 2 is 1.78 bits per heavy atom. The van der Waals surface area contributed by atoms with Crippen molar-refractivity contribution in [3.63, 3.8) is 0 Å². The lowest BCUT2D eigenvalue weighted by Gasteiger charge is -2.19. The molecule has 0 aromatic heterocycles. The molecule has 1 rings (SSSR count). The molecule has 2 N–H and O–H groups in total. The van der Waals surface area contributed by atoms with Crippen LogP contribution in [0.25, 0.3) is 0 Å². The van der Waals surface area contributed by atoms with Crippen molar-refractivity contribution in [2.75, 3.05) is 20.8 Å². The number of aryl methyl sites for hydroxylation is 1. The van der Waals surface area contributed by atoms with Crippen molar-refractivity contribution in [1.29, 1.82) is 0 Å². The number of aliphatic hydroxyl groups excluding tert-OH is 1. The number of rotatable bonds is 6. The Balaban J connectivity index is 2.97. The molecule has 0 saturated carbocycles. The maximum atomic E-state index is 10.2. The second kappa shape index (κ2) is 6.61. The minimum Gasteiger partial charge on any atom is -0.496 e. The standard InChI is InChI=1S/C14H23NO3/c1-9(2)15-8-12(16)11-7-13(17-4)10(3)6-14(11)18-5/h6-7,9,12,15-16H,8H2,1-5H3. The number of aliphatic hydroxyl groups is 1. The Hall–Kier alpha value is -1.26. The summed E-state index contributed by atoms with van der Waals surface area (Å²) in [6, 6.07) is 4.05. The molecular weight excluding hydrogens is 230 g/mol. The highest BCUT2D eigenvalue weighted by atomic mass is 16.5. The quantitative estimate of drug-likeness (QED) is 0.814. The monoisotopic (exact) mass is 253 g/mol. The Bertz CT molecular complexity index is 391. The molecule has 0 spiro atoms. The molecule has 0 aliphatic heterocycles. The first-order chi connectivity index (χ1) is 8.49. The van der Waals surface area contributed by atoms with Crippen LogP contribution in [0.4, 0.5) is 0 Å². The summed E-state index contributed by atoms with van der Waals surface area (Å²) in [5.74, 6) is 1.45. The first-order valence-electron chi connectivity index (χ1n) is 6.13. The molecule has 18 heavy (non-hydrogen) atoms. The van der Waals surface area contributed by atoms with Crippen molar-refractivity contribution in [1.82, 2.24) is 5.32 Å². The van der Waals surface area contributed by atoms with Crippen molar-refractivity contribution < 1.29 is 14.6 Å². The molecular formula is C14H23NO3. The first kappa shape index (κ1) is 14.8. The van der Waals surface area contributed by atoms with E-state index in [1.165, 1.54) is 0 Å². The molecule has 1 atom stereocenters. The number of benzene rings is 1. The number of nitrogens with one attached hydrogen (secondary N) is 1. The molecule has 102 valence electrons. The molecule has 0 saturated heterocycles. The van der Waals surface area contributed by atoms with Gasteiger partial charge in [0, 0.05) is 18.2 Å². The van der Waals surface area contributed by atoms with Crippen LogP contribution in [0.15, 0.2) is 12.1 Å². The van der Waals surface area contributed by atoms with E-state index in [2.05, 4.69) is 5.32 Å². The van der Waals surface area contributed by atoms with Gasteiger partial charge in [-0.1, -0.05) is 13.8 Å². The second-order valence-electron chi connectivity index (χ2n) is 4.64. The molecule has 0 amide bonds. The highest BCUT2D eigenvalue weighted by Gasteiger charge is 2.16. The third-order valence-corrected chi connectivity index (χ3v) is 2.83. The van der Waals surface area contributed by atoms with Crippen molar-refractivity contribution in [3.8, 4) is 11.5 Å². The first-order valence-corrected chi connectivity index (χ1v) is 6.13. The zero-order chi connectivity index (χ0) is 13.7. The van der Waals surface area contributed by atoms with E-state index in [9.17, 15) is 5.11 Å². The van der Waals surface area contributed by atoms with Gasteiger partial charge in [0.1, 0.15) is 11.5 Å². The smallest absolute Gasteiger partial charge is 0.125 e. The predicted molar refractivity (Wildman–Crippen MR) is 72.4 cm³/mol. The van der Waals surface area contributed by atoms with Crippen LogP contribution in [0, 0.1) is 6.92 Å². The van der Waals surface area contributed by atoms with Crippen LogP contribution >= 0.6 is 0 Å². The van der Waals surface area contributed by atoms with Gasteiger partial charge in [-0.2, -0.15) is 0 Å². The van der Waals surface area contributed by atoms with E-state index < -0.39 is 6.10 Å². The zero-order valence-electron chi connectivity index (χ0n) is 11.8. The summed E-state index contributed by atoms with van der Waals surface area (Å²) in [6.07, 6.45) is -0.614. The highest BCUT2D eigenvalue weighted by Crippen LogP contribution is 2.32. The summed E-state index contributed by atoms with van der Waals surface area (Å²) in [5, 5.41) is 13.4. The van der Waals surface area contributed by atoms with E-state index in [4.69, 9.17) is 9.47 Å². The SMILES string of the molecule is COc1cc(C(O)CNC(C)C)c(OC)cc1C. The van der Waals surface area contributed by atoms with Crippen molar-refractivity contribution in [3.05, 3.63) is 23.3 Å². The van der Waals surface area contributed by atoms with Crippen LogP contribution < -0.4 is 14.8 Å². The number of methoxy groups -OCH3 is 2. The molecule has 0 fully saturated rings. The Labute approximate surface area is 109 Å². The van der Waals surface area contributed by atoms with Gasteiger partial charge < -0.3 is 19.9 Å². The van der Waals surface area contributed by atoms with Crippen LogP contribution in [0.5, 0.6) is 11.5 Å². The fourth-order valence-corrected chi connectivity index (χ4v) is 1.79. The van der Waals surface area contributed by atoms with Gasteiger partial charge in [0.2, 0.25) is 0 Å². The summed E-state index contributed by atoms with van der Waals surface area (Å²) < 4.78 is 10.6. The van der Waals surface area contributed by atoms with Crippen molar-refractivity contribution >= 4 is 0 Å². The number of hydrogen-bond donors (Lipinski definition) is 2. The van der Waals surface area contributed by atoms with Gasteiger partial charge in [0.15, 0.2) is 0 Å². The van der Waals surface area contributed by atoms with Crippen LogP contribution in [0.3, 0.4) is 0 Å². The molecule has 1 unspecified atom stereocenters. The maximum absolute atomic E-state index is 10.2. The van der Waals surface area contributed by atoms with Gasteiger partial charge in [0.05, 0.1) is 20.3 Å². The van der Waals surface area contributed by atoms with Crippen molar-refractivity contribution in [2.45, 2.75) is 32.9 Å². The molecule has 1 aromatic carbocycles. The molecule has 4 nitrogen and oxygen atoms in total. The third-order valence-electron chi connectivity index (χ3n) is 2.83.